The Morgan fingerprint density at radius 3 is 2.56 bits per heavy atom. The molecule has 0 spiro atoms. The average Bonchev–Trinajstić information content (AvgIpc) is 2.83. The van der Waals surface area contributed by atoms with Crippen molar-refractivity contribution in [2.75, 3.05) is 5.32 Å². The standard InChI is InChI=1S/C10H9ClN4O2S/c11-7-2-1-6(18-7)5-3-4(8(12)16)9(14-5)15-10(13)17/h1-3,14H,(H2,12,16)(H3,13,15,17). The summed E-state index contributed by atoms with van der Waals surface area (Å²) in [6.07, 6.45) is 0. The number of rotatable bonds is 3. The summed E-state index contributed by atoms with van der Waals surface area (Å²) < 4.78 is 0.615. The van der Waals surface area contributed by atoms with Crippen molar-refractivity contribution >= 4 is 40.7 Å². The summed E-state index contributed by atoms with van der Waals surface area (Å²) in [5, 5.41) is 2.31. The minimum Gasteiger partial charge on any atom is -0.365 e. The molecule has 0 aliphatic carbocycles. The van der Waals surface area contributed by atoms with Crippen LogP contribution in [0.4, 0.5) is 10.6 Å². The van der Waals surface area contributed by atoms with Gasteiger partial charge in [0.1, 0.15) is 5.82 Å². The molecule has 18 heavy (non-hydrogen) atoms. The topological polar surface area (TPSA) is 114 Å². The number of hydrogen-bond acceptors (Lipinski definition) is 3. The molecule has 0 saturated heterocycles. The fraction of sp³-hybridized carbons (Fsp3) is 0. The predicted molar refractivity (Wildman–Crippen MR) is 70.8 cm³/mol. The zero-order valence-electron chi connectivity index (χ0n) is 8.99. The normalized spacial score (nSPS) is 10.3. The molecule has 2 aromatic rings. The Balaban J connectivity index is 2.45. The molecule has 0 bridgehead atoms. The van der Waals surface area contributed by atoms with Crippen molar-refractivity contribution in [2.24, 2.45) is 11.5 Å². The number of amides is 3. The number of carbonyl (C=O) groups is 2. The number of urea groups is 1. The predicted octanol–water partition coefficient (Wildman–Crippen LogP) is 1.99. The lowest BCUT2D eigenvalue weighted by atomic mass is 10.2. The van der Waals surface area contributed by atoms with E-state index in [4.69, 9.17) is 23.1 Å². The van der Waals surface area contributed by atoms with Gasteiger partial charge in [-0.1, -0.05) is 11.6 Å². The van der Waals surface area contributed by atoms with E-state index in [-0.39, 0.29) is 11.4 Å². The first kappa shape index (κ1) is 12.5. The first-order valence-corrected chi connectivity index (χ1v) is 6.02. The van der Waals surface area contributed by atoms with Gasteiger partial charge in [-0.3, -0.25) is 10.1 Å². The Bertz CT molecular complexity index is 619. The van der Waals surface area contributed by atoms with Crippen molar-refractivity contribution in [3.05, 3.63) is 28.1 Å². The van der Waals surface area contributed by atoms with Crippen molar-refractivity contribution < 1.29 is 9.59 Å². The number of carbonyl (C=O) groups excluding carboxylic acids is 2. The maximum absolute atomic E-state index is 11.2. The van der Waals surface area contributed by atoms with Gasteiger partial charge in [0.15, 0.2) is 0 Å². The van der Waals surface area contributed by atoms with E-state index in [0.29, 0.717) is 10.0 Å². The largest absolute Gasteiger partial charge is 0.365 e. The fourth-order valence-electron chi connectivity index (χ4n) is 1.46. The molecule has 0 fully saturated rings. The molecule has 0 aliphatic heterocycles. The van der Waals surface area contributed by atoms with E-state index in [9.17, 15) is 9.59 Å². The van der Waals surface area contributed by atoms with Gasteiger partial charge < -0.3 is 16.5 Å². The van der Waals surface area contributed by atoms with Crippen LogP contribution >= 0.6 is 22.9 Å². The number of thiophene rings is 1. The van der Waals surface area contributed by atoms with Crippen LogP contribution in [-0.2, 0) is 0 Å². The Labute approximate surface area is 111 Å². The second-order valence-corrected chi connectivity index (χ2v) is 5.14. The molecule has 0 aromatic carbocycles. The van der Waals surface area contributed by atoms with Gasteiger partial charge in [-0.15, -0.1) is 11.3 Å². The lowest BCUT2D eigenvalue weighted by Crippen LogP contribution is -2.22. The van der Waals surface area contributed by atoms with Crippen molar-refractivity contribution in [2.45, 2.75) is 0 Å². The van der Waals surface area contributed by atoms with E-state index in [1.54, 1.807) is 12.1 Å². The third-order valence-corrected chi connectivity index (χ3v) is 3.43. The van der Waals surface area contributed by atoms with Crippen LogP contribution in [-0.4, -0.2) is 16.9 Å². The van der Waals surface area contributed by atoms with Crippen molar-refractivity contribution in [1.29, 1.82) is 0 Å². The molecule has 2 rings (SSSR count). The summed E-state index contributed by atoms with van der Waals surface area (Å²) in [6.45, 7) is 0. The van der Waals surface area contributed by atoms with Crippen LogP contribution in [0.15, 0.2) is 18.2 Å². The number of primary amides is 2. The number of aromatic amines is 1. The molecule has 6 N–H and O–H groups in total. The van der Waals surface area contributed by atoms with E-state index in [2.05, 4.69) is 10.3 Å². The van der Waals surface area contributed by atoms with Gasteiger partial charge in [0, 0.05) is 0 Å². The second-order valence-electron chi connectivity index (χ2n) is 3.43. The molecular formula is C10H9ClN4O2S. The zero-order chi connectivity index (χ0) is 13.3. The molecule has 2 aromatic heterocycles. The maximum Gasteiger partial charge on any atom is 0.317 e. The monoisotopic (exact) mass is 284 g/mol. The highest BCUT2D eigenvalue weighted by molar-refractivity contribution is 7.19. The third-order valence-electron chi connectivity index (χ3n) is 2.17. The quantitative estimate of drug-likeness (QED) is 0.690. The summed E-state index contributed by atoms with van der Waals surface area (Å²) in [5.41, 5.74) is 11.0. The summed E-state index contributed by atoms with van der Waals surface area (Å²) in [6, 6.07) is 4.27. The number of aromatic nitrogens is 1. The van der Waals surface area contributed by atoms with Gasteiger partial charge >= 0.3 is 6.03 Å². The molecule has 8 heteroatoms. The zero-order valence-corrected chi connectivity index (χ0v) is 10.6. The highest BCUT2D eigenvalue weighted by atomic mass is 35.5. The Morgan fingerprint density at radius 2 is 2.06 bits per heavy atom. The van der Waals surface area contributed by atoms with Crippen LogP contribution in [0.25, 0.3) is 10.6 Å². The summed E-state index contributed by atoms with van der Waals surface area (Å²) in [5.74, 6) is -0.488. The van der Waals surface area contributed by atoms with Gasteiger partial charge in [-0.05, 0) is 18.2 Å². The van der Waals surface area contributed by atoms with E-state index in [0.717, 1.165) is 4.88 Å². The van der Waals surface area contributed by atoms with Gasteiger partial charge in [0.05, 0.1) is 20.5 Å². The SMILES string of the molecule is NC(=O)Nc1[nH]c(-c2ccc(Cl)s2)cc1C(N)=O. The summed E-state index contributed by atoms with van der Waals surface area (Å²) in [7, 11) is 0. The number of hydrogen-bond donors (Lipinski definition) is 4. The number of H-pyrrole nitrogens is 1. The average molecular weight is 285 g/mol. The number of halogens is 1. The Hall–Kier alpha value is -1.99. The van der Waals surface area contributed by atoms with Gasteiger partial charge in [0.2, 0.25) is 0 Å². The Morgan fingerprint density at radius 1 is 1.33 bits per heavy atom. The minimum absolute atomic E-state index is 0.160. The van der Waals surface area contributed by atoms with Crippen molar-refractivity contribution in [1.82, 2.24) is 4.98 Å². The fourth-order valence-corrected chi connectivity index (χ4v) is 2.48. The van der Waals surface area contributed by atoms with Gasteiger partial charge in [-0.2, -0.15) is 0 Å². The van der Waals surface area contributed by atoms with E-state index >= 15 is 0 Å². The number of nitrogens with one attached hydrogen (secondary N) is 2. The molecular weight excluding hydrogens is 276 g/mol. The first-order chi connectivity index (χ1) is 8.47. The van der Waals surface area contributed by atoms with Crippen LogP contribution in [0, 0.1) is 0 Å². The third kappa shape index (κ3) is 2.47. The Kier molecular flexibility index (Phi) is 3.26. The molecule has 3 amide bonds. The van der Waals surface area contributed by atoms with Gasteiger partial charge in [0.25, 0.3) is 5.91 Å². The van der Waals surface area contributed by atoms with E-state index in [1.807, 2.05) is 0 Å². The number of anilines is 1. The highest BCUT2D eigenvalue weighted by Crippen LogP contribution is 2.32. The number of nitrogens with two attached hydrogens (primary N) is 2. The maximum atomic E-state index is 11.2. The van der Waals surface area contributed by atoms with Crippen LogP contribution < -0.4 is 16.8 Å². The first-order valence-electron chi connectivity index (χ1n) is 4.82. The van der Waals surface area contributed by atoms with Crippen LogP contribution in [0.1, 0.15) is 10.4 Å². The summed E-state index contributed by atoms with van der Waals surface area (Å²) in [4.78, 5) is 25.7. The molecule has 0 unspecified atom stereocenters. The molecule has 2 heterocycles. The lowest BCUT2D eigenvalue weighted by molar-refractivity contribution is 0.100. The van der Waals surface area contributed by atoms with Crippen molar-refractivity contribution in [3.8, 4) is 10.6 Å². The van der Waals surface area contributed by atoms with Crippen molar-refractivity contribution in [3.63, 3.8) is 0 Å². The molecule has 0 atom stereocenters. The molecule has 0 radical (unpaired) electrons. The van der Waals surface area contributed by atoms with Crippen LogP contribution in [0.2, 0.25) is 4.34 Å². The molecule has 6 nitrogen and oxygen atoms in total. The molecule has 0 aliphatic rings. The van der Waals surface area contributed by atoms with Crippen LogP contribution in [0.3, 0.4) is 0 Å². The van der Waals surface area contributed by atoms with Crippen LogP contribution in [0.5, 0.6) is 0 Å². The van der Waals surface area contributed by atoms with Gasteiger partial charge in [-0.25, -0.2) is 4.79 Å². The minimum atomic E-state index is -0.782. The lowest BCUT2D eigenvalue weighted by Gasteiger charge is -1.99. The molecule has 94 valence electrons. The van der Waals surface area contributed by atoms with E-state index in [1.165, 1.54) is 17.4 Å². The summed E-state index contributed by atoms with van der Waals surface area (Å²) >= 11 is 7.16. The highest BCUT2D eigenvalue weighted by Gasteiger charge is 2.15. The molecule has 0 saturated carbocycles. The smallest absolute Gasteiger partial charge is 0.317 e. The second kappa shape index (κ2) is 4.71. The van der Waals surface area contributed by atoms with E-state index < -0.39 is 11.9 Å².